The average Bonchev–Trinajstić information content (AvgIpc) is 2.26. The fourth-order valence-electron chi connectivity index (χ4n) is 1.20. The van der Waals surface area contributed by atoms with Gasteiger partial charge >= 0.3 is 0 Å². The van der Waals surface area contributed by atoms with Gasteiger partial charge in [-0.05, 0) is 13.3 Å². The SMILES string of the molecule is C=CCNc1cc(OCCCC)nc(C)n1. The van der Waals surface area contributed by atoms with Gasteiger partial charge in [0.2, 0.25) is 5.88 Å². The molecule has 16 heavy (non-hydrogen) atoms. The van der Waals surface area contributed by atoms with Crippen molar-refractivity contribution in [1.29, 1.82) is 0 Å². The van der Waals surface area contributed by atoms with E-state index in [-0.39, 0.29) is 0 Å². The van der Waals surface area contributed by atoms with Crippen LogP contribution < -0.4 is 10.1 Å². The zero-order valence-corrected chi connectivity index (χ0v) is 9.99. The van der Waals surface area contributed by atoms with Crippen molar-refractivity contribution in [3.8, 4) is 5.88 Å². The molecule has 0 aliphatic rings. The summed E-state index contributed by atoms with van der Waals surface area (Å²) in [6.07, 6.45) is 3.94. The van der Waals surface area contributed by atoms with E-state index < -0.39 is 0 Å². The highest BCUT2D eigenvalue weighted by molar-refractivity contribution is 5.38. The summed E-state index contributed by atoms with van der Waals surface area (Å²) in [5.41, 5.74) is 0. The Labute approximate surface area is 96.8 Å². The average molecular weight is 221 g/mol. The minimum atomic E-state index is 0.632. The second kappa shape index (κ2) is 6.82. The smallest absolute Gasteiger partial charge is 0.218 e. The lowest BCUT2D eigenvalue weighted by Crippen LogP contribution is -2.05. The molecule has 0 saturated carbocycles. The van der Waals surface area contributed by atoms with Crippen LogP contribution in [0.15, 0.2) is 18.7 Å². The number of anilines is 1. The number of aryl methyl sites for hydroxylation is 1. The minimum absolute atomic E-state index is 0.632. The van der Waals surface area contributed by atoms with Crippen molar-refractivity contribution in [3.63, 3.8) is 0 Å². The second-order valence-electron chi connectivity index (χ2n) is 3.51. The van der Waals surface area contributed by atoms with Crippen molar-refractivity contribution >= 4 is 5.82 Å². The lowest BCUT2D eigenvalue weighted by Gasteiger charge is -2.08. The largest absolute Gasteiger partial charge is 0.478 e. The van der Waals surface area contributed by atoms with E-state index in [2.05, 4.69) is 28.8 Å². The number of unbranched alkanes of at least 4 members (excludes halogenated alkanes) is 1. The molecule has 0 saturated heterocycles. The fraction of sp³-hybridized carbons (Fsp3) is 0.500. The molecule has 1 rings (SSSR count). The Morgan fingerprint density at radius 3 is 3.00 bits per heavy atom. The molecular formula is C12H19N3O. The van der Waals surface area contributed by atoms with Crippen LogP contribution in [0.1, 0.15) is 25.6 Å². The van der Waals surface area contributed by atoms with E-state index >= 15 is 0 Å². The lowest BCUT2D eigenvalue weighted by atomic mass is 10.4. The van der Waals surface area contributed by atoms with Gasteiger partial charge in [0.05, 0.1) is 6.61 Å². The lowest BCUT2D eigenvalue weighted by molar-refractivity contribution is 0.297. The van der Waals surface area contributed by atoms with Gasteiger partial charge in [0.15, 0.2) is 0 Å². The number of nitrogens with one attached hydrogen (secondary N) is 1. The van der Waals surface area contributed by atoms with Gasteiger partial charge in [0.25, 0.3) is 0 Å². The van der Waals surface area contributed by atoms with Gasteiger partial charge in [0.1, 0.15) is 11.6 Å². The van der Waals surface area contributed by atoms with E-state index in [0.717, 1.165) is 18.7 Å². The molecule has 1 N–H and O–H groups in total. The monoisotopic (exact) mass is 221 g/mol. The maximum Gasteiger partial charge on any atom is 0.218 e. The molecule has 1 heterocycles. The molecule has 1 aromatic heterocycles. The summed E-state index contributed by atoms with van der Waals surface area (Å²) in [5.74, 6) is 2.12. The summed E-state index contributed by atoms with van der Waals surface area (Å²) in [6.45, 7) is 9.02. The first-order chi connectivity index (χ1) is 7.76. The predicted molar refractivity (Wildman–Crippen MR) is 65.9 cm³/mol. The van der Waals surface area contributed by atoms with Crippen molar-refractivity contribution < 1.29 is 4.74 Å². The zero-order valence-electron chi connectivity index (χ0n) is 9.99. The highest BCUT2D eigenvalue weighted by Gasteiger charge is 2.01. The molecule has 0 atom stereocenters. The highest BCUT2D eigenvalue weighted by Crippen LogP contribution is 2.13. The van der Waals surface area contributed by atoms with Gasteiger partial charge in [-0.15, -0.1) is 6.58 Å². The van der Waals surface area contributed by atoms with Crippen molar-refractivity contribution in [2.24, 2.45) is 0 Å². The molecule has 0 spiro atoms. The Morgan fingerprint density at radius 1 is 1.50 bits per heavy atom. The van der Waals surface area contributed by atoms with Crippen molar-refractivity contribution in [2.45, 2.75) is 26.7 Å². The molecule has 4 nitrogen and oxygen atoms in total. The van der Waals surface area contributed by atoms with Crippen LogP contribution in [0, 0.1) is 6.92 Å². The number of rotatable bonds is 7. The Bertz CT molecular complexity index is 339. The molecule has 0 amide bonds. The van der Waals surface area contributed by atoms with Crippen LogP contribution in [0.4, 0.5) is 5.82 Å². The third kappa shape index (κ3) is 4.29. The third-order valence-electron chi connectivity index (χ3n) is 1.99. The Hall–Kier alpha value is -1.58. The molecule has 0 fully saturated rings. The molecule has 4 heteroatoms. The summed E-state index contributed by atoms with van der Waals surface area (Å²) >= 11 is 0. The molecule has 0 aromatic carbocycles. The number of nitrogens with zero attached hydrogens (tertiary/aromatic N) is 2. The summed E-state index contributed by atoms with van der Waals surface area (Å²) in [5, 5.41) is 3.12. The molecule has 88 valence electrons. The molecule has 1 aromatic rings. The molecular weight excluding hydrogens is 202 g/mol. The van der Waals surface area contributed by atoms with Crippen LogP contribution in [0.25, 0.3) is 0 Å². The van der Waals surface area contributed by atoms with E-state index in [1.807, 2.05) is 13.0 Å². The number of hydrogen-bond donors (Lipinski definition) is 1. The van der Waals surface area contributed by atoms with Gasteiger partial charge < -0.3 is 10.1 Å². The zero-order chi connectivity index (χ0) is 11.8. The van der Waals surface area contributed by atoms with Gasteiger partial charge in [-0.3, -0.25) is 0 Å². The van der Waals surface area contributed by atoms with Crippen LogP contribution >= 0.6 is 0 Å². The maximum absolute atomic E-state index is 5.53. The predicted octanol–water partition coefficient (Wildman–Crippen LogP) is 2.56. The first-order valence-corrected chi connectivity index (χ1v) is 5.59. The van der Waals surface area contributed by atoms with E-state index in [1.54, 1.807) is 6.08 Å². The van der Waals surface area contributed by atoms with Gasteiger partial charge in [-0.2, -0.15) is 4.98 Å². The van der Waals surface area contributed by atoms with Crippen LogP contribution in [-0.2, 0) is 0 Å². The van der Waals surface area contributed by atoms with Crippen molar-refractivity contribution in [2.75, 3.05) is 18.5 Å². The summed E-state index contributed by atoms with van der Waals surface area (Å²) in [4.78, 5) is 8.46. The minimum Gasteiger partial charge on any atom is -0.478 e. The Kier molecular flexibility index (Phi) is 5.32. The summed E-state index contributed by atoms with van der Waals surface area (Å²) in [6, 6.07) is 1.81. The summed E-state index contributed by atoms with van der Waals surface area (Å²) < 4.78 is 5.53. The van der Waals surface area contributed by atoms with Gasteiger partial charge in [-0.25, -0.2) is 4.98 Å². The van der Waals surface area contributed by atoms with Crippen molar-refractivity contribution in [1.82, 2.24) is 9.97 Å². The normalized spacial score (nSPS) is 9.88. The third-order valence-corrected chi connectivity index (χ3v) is 1.99. The van der Waals surface area contributed by atoms with Crippen LogP contribution in [0.3, 0.4) is 0 Å². The molecule has 0 radical (unpaired) electrons. The highest BCUT2D eigenvalue weighted by atomic mass is 16.5. The molecule has 0 aliphatic carbocycles. The van der Waals surface area contributed by atoms with Crippen LogP contribution in [0.2, 0.25) is 0 Å². The standard InChI is InChI=1S/C12H19N3O/c1-4-6-8-16-12-9-11(13-7-5-2)14-10(3)15-12/h5,9H,2,4,6-8H2,1,3H3,(H,13,14,15). The fourth-order valence-corrected chi connectivity index (χ4v) is 1.20. The van der Waals surface area contributed by atoms with E-state index in [1.165, 1.54) is 0 Å². The van der Waals surface area contributed by atoms with Crippen LogP contribution in [-0.4, -0.2) is 23.1 Å². The Morgan fingerprint density at radius 2 is 2.31 bits per heavy atom. The number of hydrogen-bond acceptors (Lipinski definition) is 4. The van der Waals surface area contributed by atoms with Gasteiger partial charge in [-0.1, -0.05) is 19.4 Å². The van der Waals surface area contributed by atoms with E-state index in [4.69, 9.17) is 4.74 Å². The Balaban J connectivity index is 2.61. The topological polar surface area (TPSA) is 47.0 Å². The van der Waals surface area contributed by atoms with Gasteiger partial charge in [0, 0.05) is 12.6 Å². The van der Waals surface area contributed by atoms with Crippen LogP contribution in [0.5, 0.6) is 5.88 Å². The quantitative estimate of drug-likeness (QED) is 0.568. The summed E-state index contributed by atoms with van der Waals surface area (Å²) in [7, 11) is 0. The van der Waals surface area contributed by atoms with E-state index in [9.17, 15) is 0 Å². The second-order valence-corrected chi connectivity index (χ2v) is 3.51. The number of ether oxygens (including phenoxy) is 1. The molecule has 0 unspecified atom stereocenters. The first kappa shape index (κ1) is 12.5. The van der Waals surface area contributed by atoms with Crippen molar-refractivity contribution in [3.05, 3.63) is 24.5 Å². The molecule has 0 aliphatic heterocycles. The molecule has 0 bridgehead atoms. The number of aromatic nitrogens is 2. The first-order valence-electron chi connectivity index (χ1n) is 5.59. The van der Waals surface area contributed by atoms with E-state index in [0.29, 0.717) is 24.9 Å². The maximum atomic E-state index is 5.53.